The summed E-state index contributed by atoms with van der Waals surface area (Å²) >= 11 is 0. The number of aryl methyl sites for hydroxylation is 1. The minimum Gasteiger partial charge on any atom is -0.330 e. The number of aromatic nitrogens is 2. The van der Waals surface area contributed by atoms with Gasteiger partial charge in [-0.1, -0.05) is 12.1 Å². The van der Waals surface area contributed by atoms with Crippen molar-refractivity contribution in [3.63, 3.8) is 0 Å². The molecule has 140 valence electrons. The largest absolute Gasteiger partial charge is 0.330 e. The summed E-state index contributed by atoms with van der Waals surface area (Å²) in [5.74, 6) is 0. The first-order chi connectivity index (χ1) is 12.3. The van der Waals surface area contributed by atoms with Crippen LogP contribution in [0, 0.1) is 0 Å². The summed E-state index contributed by atoms with van der Waals surface area (Å²) in [5, 5.41) is 15.3. The Morgan fingerprint density at radius 1 is 1.46 bits per heavy atom. The number of aromatic amines is 1. The lowest BCUT2D eigenvalue weighted by atomic mass is 9.94. The first-order valence-corrected chi connectivity index (χ1v) is 10.00. The van der Waals surface area contributed by atoms with Gasteiger partial charge in [0.05, 0.1) is 28.9 Å². The van der Waals surface area contributed by atoms with E-state index in [1.807, 2.05) is 6.92 Å². The Balaban J connectivity index is 1.73. The van der Waals surface area contributed by atoms with Crippen LogP contribution in [0.2, 0.25) is 0 Å². The number of rotatable bonds is 4. The fraction of sp³-hybridized carbons (Fsp3) is 0.412. The molecular weight excluding hydrogens is 354 g/mol. The maximum atomic E-state index is 12.7. The van der Waals surface area contributed by atoms with Crippen molar-refractivity contribution in [3.8, 4) is 0 Å². The van der Waals surface area contributed by atoms with Crippen LogP contribution in [0.5, 0.6) is 0 Å². The third kappa shape index (κ3) is 3.73. The molecule has 1 aromatic heterocycles. The topological polar surface area (TPSA) is 121 Å². The zero-order chi connectivity index (χ0) is 18.9. The number of nitrogens with one attached hydrogen (secondary N) is 2. The SMILES string of the molecule is CC(c1cccc(S(N)(=O)=O)c1)N(C)C(=O)NC1CCCc2cn[nH]c21. The van der Waals surface area contributed by atoms with Crippen LogP contribution in [0.3, 0.4) is 0 Å². The molecule has 0 aliphatic heterocycles. The molecule has 0 bridgehead atoms. The van der Waals surface area contributed by atoms with Crippen molar-refractivity contribution in [2.45, 2.75) is 43.2 Å². The highest BCUT2D eigenvalue weighted by Crippen LogP contribution is 2.28. The fourth-order valence-electron chi connectivity index (χ4n) is 3.21. The van der Waals surface area contributed by atoms with Crippen LogP contribution in [-0.2, 0) is 16.4 Å². The Bertz CT molecular complexity index is 909. The molecule has 0 saturated heterocycles. The van der Waals surface area contributed by atoms with Gasteiger partial charge >= 0.3 is 6.03 Å². The number of nitrogens with zero attached hydrogens (tertiary/aromatic N) is 2. The van der Waals surface area contributed by atoms with Gasteiger partial charge in [0, 0.05) is 7.05 Å². The third-order valence-corrected chi connectivity index (χ3v) is 5.82. The molecule has 3 rings (SSSR count). The van der Waals surface area contributed by atoms with E-state index in [4.69, 9.17) is 5.14 Å². The number of hydrogen-bond acceptors (Lipinski definition) is 4. The molecule has 0 spiro atoms. The number of hydrogen-bond donors (Lipinski definition) is 3. The van der Waals surface area contributed by atoms with Gasteiger partial charge in [0.2, 0.25) is 10.0 Å². The highest BCUT2D eigenvalue weighted by Gasteiger charge is 2.26. The number of nitrogens with two attached hydrogens (primary N) is 1. The number of benzene rings is 1. The van der Waals surface area contributed by atoms with Gasteiger partial charge in [-0.05, 0) is 49.4 Å². The molecule has 1 aliphatic rings. The second-order valence-electron chi connectivity index (χ2n) is 6.61. The average molecular weight is 377 g/mol. The Morgan fingerprint density at radius 2 is 2.23 bits per heavy atom. The lowest BCUT2D eigenvalue weighted by molar-refractivity contribution is 0.188. The Labute approximate surface area is 152 Å². The predicted molar refractivity (Wildman–Crippen MR) is 96.8 cm³/mol. The molecule has 0 saturated carbocycles. The normalized spacial score (nSPS) is 18.0. The minimum atomic E-state index is -3.78. The van der Waals surface area contributed by atoms with Gasteiger partial charge in [0.15, 0.2) is 0 Å². The Morgan fingerprint density at radius 3 is 2.96 bits per heavy atom. The summed E-state index contributed by atoms with van der Waals surface area (Å²) < 4.78 is 23.1. The molecule has 2 atom stereocenters. The number of carbonyl (C=O) groups excluding carboxylic acids is 1. The lowest BCUT2D eigenvalue weighted by Gasteiger charge is -2.29. The molecular formula is C17H23N5O3S. The van der Waals surface area contributed by atoms with Gasteiger partial charge in [-0.15, -0.1) is 0 Å². The zero-order valence-electron chi connectivity index (χ0n) is 14.8. The molecule has 26 heavy (non-hydrogen) atoms. The van der Waals surface area contributed by atoms with Crippen molar-refractivity contribution in [1.29, 1.82) is 0 Å². The summed E-state index contributed by atoms with van der Waals surface area (Å²) in [7, 11) is -2.10. The van der Waals surface area contributed by atoms with E-state index < -0.39 is 10.0 Å². The van der Waals surface area contributed by atoms with E-state index in [9.17, 15) is 13.2 Å². The van der Waals surface area contributed by atoms with Crippen LogP contribution in [0.15, 0.2) is 35.4 Å². The van der Waals surface area contributed by atoms with Crippen molar-refractivity contribution in [1.82, 2.24) is 20.4 Å². The van der Waals surface area contributed by atoms with Crippen LogP contribution < -0.4 is 10.5 Å². The first kappa shape index (κ1) is 18.4. The molecule has 4 N–H and O–H groups in total. The van der Waals surface area contributed by atoms with Crippen LogP contribution in [0.1, 0.15) is 48.7 Å². The molecule has 8 nitrogen and oxygen atoms in total. The highest BCUT2D eigenvalue weighted by atomic mass is 32.2. The van der Waals surface area contributed by atoms with E-state index in [1.165, 1.54) is 12.1 Å². The number of carbonyl (C=O) groups is 1. The van der Waals surface area contributed by atoms with Gasteiger partial charge in [0.1, 0.15) is 0 Å². The molecule has 2 unspecified atom stereocenters. The number of sulfonamides is 1. The van der Waals surface area contributed by atoms with E-state index >= 15 is 0 Å². The van der Waals surface area contributed by atoms with Gasteiger partial charge in [-0.25, -0.2) is 18.4 Å². The van der Waals surface area contributed by atoms with E-state index in [-0.39, 0.29) is 23.0 Å². The molecule has 1 aromatic carbocycles. The Hall–Kier alpha value is -2.39. The number of amides is 2. The maximum Gasteiger partial charge on any atom is 0.318 e. The van der Waals surface area contributed by atoms with E-state index in [0.717, 1.165) is 30.5 Å². The summed E-state index contributed by atoms with van der Waals surface area (Å²) in [6, 6.07) is 5.68. The standard InChI is InChI=1S/C17H23N5O3S/c1-11(12-5-3-7-14(9-12)26(18,24)25)22(2)17(23)20-15-8-4-6-13-10-19-21-16(13)15/h3,5,7,9-11,15H,4,6,8H2,1-2H3,(H,19,21)(H,20,23)(H2,18,24,25). The molecule has 1 heterocycles. The van der Waals surface area contributed by atoms with Gasteiger partial charge in [-0.2, -0.15) is 5.10 Å². The average Bonchev–Trinajstić information content (AvgIpc) is 3.09. The lowest BCUT2D eigenvalue weighted by Crippen LogP contribution is -2.41. The number of primary sulfonamides is 1. The van der Waals surface area contributed by atoms with Gasteiger partial charge in [0.25, 0.3) is 0 Å². The van der Waals surface area contributed by atoms with Crippen molar-refractivity contribution < 1.29 is 13.2 Å². The molecule has 9 heteroatoms. The van der Waals surface area contributed by atoms with Gasteiger partial charge < -0.3 is 10.2 Å². The van der Waals surface area contributed by atoms with Crippen LogP contribution in [-0.4, -0.2) is 36.6 Å². The van der Waals surface area contributed by atoms with Crippen LogP contribution in [0.25, 0.3) is 0 Å². The summed E-state index contributed by atoms with van der Waals surface area (Å²) in [6.45, 7) is 1.84. The minimum absolute atomic E-state index is 0.0324. The van der Waals surface area contributed by atoms with E-state index in [2.05, 4.69) is 15.5 Å². The van der Waals surface area contributed by atoms with E-state index in [1.54, 1.807) is 30.3 Å². The number of urea groups is 1. The fourth-order valence-corrected chi connectivity index (χ4v) is 3.78. The second-order valence-corrected chi connectivity index (χ2v) is 8.17. The molecule has 1 aliphatic carbocycles. The first-order valence-electron chi connectivity index (χ1n) is 8.45. The Kier molecular flexibility index (Phi) is 5.01. The van der Waals surface area contributed by atoms with Crippen LogP contribution in [0.4, 0.5) is 4.79 Å². The number of H-pyrrole nitrogens is 1. The smallest absolute Gasteiger partial charge is 0.318 e. The molecule has 2 aromatic rings. The summed E-state index contributed by atoms with van der Waals surface area (Å²) in [4.78, 5) is 14.3. The number of fused-ring (bicyclic) bond motifs is 1. The van der Waals surface area contributed by atoms with Crippen molar-refractivity contribution in [2.75, 3.05) is 7.05 Å². The molecule has 0 fully saturated rings. The summed E-state index contributed by atoms with van der Waals surface area (Å²) in [5.41, 5.74) is 2.79. The van der Waals surface area contributed by atoms with Crippen LogP contribution >= 0.6 is 0 Å². The molecule has 0 radical (unpaired) electrons. The highest BCUT2D eigenvalue weighted by molar-refractivity contribution is 7.89. The maximum absolute atomic E-state index is 12.7. The predicted octanol–water partition coefficient (Wildman–Crippen LogP) is 1.84. The second kappa shape index (κ2) is 7.08. The molecule has 2 amide bonds. The third-order valence-electron chi connectivity index (χ3n) is 4.91. The zero-order valence-corrected chi connectivity index (χ0v) is 15.6. The van der Waals surface area contributed by atoms with Crippen molar-refractivity contribution in [3.05, 3.63) is 47.3 Å². The van der Waals surface area contributed by atoms with Gasteiger partial charge in [-0.3, -0.25) is 5.10 Å². The monoisotopic (exact) mass is 377 g/mol. The van der Waals surface area contributed by atoms with Crippen molar-refractivity contribution in [2.24, 2.45) is 5.14 Å². The van der Waals surface area contributed by atoms with E-state index in [0.29, 0.717) is 5.56 Å². The quantitative estimate of drug-likeness (QED) is 0.752. The van der Waals surface area contributed by atoms with Crippen molar-refractivity contribution >= 4 is 16.1 Å². The summed E-state index contributed by atoms with van der Waals surface area (Å²) in [6.07, 6.45) is 4.61.